The molecule has 1 aliphatic rings. The van der Waals surface area contributed by atoms with Crippen LogP contribution in [0.15, 0.2) is 54.7 Å². The Morgan fingerprint density at radius 2 is 1.78 bits per heavy atom. The standard InChI is InChI=1S/C21H21N3O3/c25-20(18-14-22-19-4-2-1-3-17(18)19)23-13-15-5-7-16(8-6-15)21(26)24-9-11-27-12-10-24/h1-8,14,22H,9-13H2,(H,23,25). The van der Waals surface area contributed by atoms with E-state index in [0.717, 1.165) is 16.5 Å². The maximum Gasteiger partial charge on any atom is 0.254 e. The van der Waals surface area contributed by atoms with Crippen molar-refractivity contribution >= 4 is 22.7 Å². The summed E-state index contributed by atoms with van der Waals surface area (Å²) < 4.78 is 5.28. The molecule has 2 N–H and O–H groups in total. The van der Waals surface area contributed by atoms with E-state index in [1.807, 2.05) is 48.5 Å². The molecule has 6 heteroatoms. The molecule has 0 atom stereocenters. The second-order valence-electron chi connectivity index (χ2n) is 6.53. The molecular formula is C21H21N3O3. The van der Waals surface area contributed by atoms with Gasteiger partial charge in [-0.1, -0.05) is 30.3 Å². The normalized spacial score (nSPS) is 14.3. The number of ether oxygens (including phenoxy) is 1. The molecule has 0 unspecified atom stereocenters. The Bertz CT molecular complexity index is 956. The predicted molar refractivity (Wildman–Crippen MR) is 103 cm³/mol. The summed E-state index contributed by atoms with van der Waals surface area (Å²) in [5.74, 6) is -0.103. The summed E-state index contributed by atoms with van der Waals surface area (Å²) in [5.41, 5.74) is 3.17. The van der Waals surface area contributed by atoms with Crippen LogP contribution in [0.25, 0.3) is 10.9 Å². The monoisotopic (exact) mass is 363 g/mol. The third kappa shape index (κ3) is 3.71. The van der Waals surface area contributed by atoms with Gasteiger partial charge in [0.25, 0.3) is 11.8 Å². The number of aromatic nitrogens is 1. The number of nitrogens with zero attached hydrogens (tertiary/aromatic N) is 1. The van der Waals surface area contributed by atoms with Crippen molar-refractivity contribution in [1.29, 1.82) is 0 Å². The minimum absolute atomic E-state index is 0.0210. The van der Waals surface area contributed by atoms with Crippen LogP contribution in [0.5, 0.6) is 0 Å². The number of benzene rings is 2. The first-order valence-corrected chi connectivity index (χ1v) is 9.02. The lowest BCUT2D eigenvalue weighted by molar-refractivity contribution is 0.0303. The summed E-state index contributed by atoms with van der Waals surface area (Å²) in [7, 11) is 0. The topological polar surface area (TPSA) is 74.4 Å². The van der Waals surface area contributed by atoms with Crippen molar-refractivity contribution in [3.63, 3.8) is 0 Å². The molecule has 0 aliphatic carbocycles. The SMILES string of the molecule is O=C(NCc1ccc(C(=O)N2CCOCC2)cc1)c1c[nH]c2ccccc12. The molecule has 1 aliphatic heterocycles. The van der Waals surface area contributed by atoms with E-state index >= 15 is 0 Å². The molecule has 2 aromatic carbocycles. The van der Waals surface area contributed by atoms with E-state index < -0.39 is 0 Å². The van der Waals surface area contributed by atoms with Crippen molar-refractivity contribution in [3.8, 4) is 0 Å². The number of H-pyrrole nitrogens is 1. The largest absolute Gasteiger partial charge is 0.378 e. The van der Waals surface area contributed by atoms with Crippen molar-refractivity contribution in [1.82, 2.24) is 15.2 Å². The quantitative estimate of drug-likeness (QED) is 0.748. The van der Waals surface area contributed by atoms with Crippen LogP contribution in [0, 0.1) is 0 Å². The number of morpholine rings is 1. The zero-order valence-corrected chi connectivity index (χ0v) is 14.9. The lowest BCUT2D eigenvalue weighted by atomic mass is 10.1. The highest BCUT2D eigenvalue weighted by Gasteiger charge is 2.18. The van der Waals surface area contributed by atoms with E-state index in [1.165, 1.54) is 0 Å². The minimum Gasteiger partial charge on any atom is -0.378 e. The molecule has 6 nitrogen and oxygen atoms in total. The lowest BCUT2D eigenvalue weighted by Crippen LogP contribution is -2.40. The highest BCUT2D eigenvalue weighted by atomic mass is 16.5. The maximum atomic E-state index is 12.5. The summed E-state index contributed by atoms with van der Waals surface area (Å²) in [6.07, 6.45) is 1.73. The van der Waals surface area contributed by atoms with Crippen LogP contribution < -0.4 is 5.32 Å². The lowest BCUT2D eigenvalue weighted by Gasteiger charge is -2.26. The molecule has 2 heterocycles. The Hall–Kier alpha value is -3.12. The molecule has 0 radical (unpaired) electrons. The van der Waals surface area contributed by atoms with Crippen molar-refractivity contribution in [2.24, 2.45) is 0 Å². The first kappa shape index (κ1) is 17.3. The molecule has 1 aromatic heterocycles. The maximum absolute atomic E-state index is 12.5. The van der Waals surface area contributed by atoms with Gasteiger partial charge >= 0.3 is 0 Å². The third-order valence-electron chi connectivity index (χ3n) is 4.79. The zero-order valence-electron chi connectivity index (χ0n) is 14.9. The second-order valence-corrected chi connectivity index (χ2v) is 6.53. The van der Waals surface area contributed by atoms with Gasteiger partial charge in [0, 0.05) is 42.3 Å². The predicted octanol–water partition coefficient (Wildman–Crippen LogP) is 2.57. The Morgan fingerprint density at radius 3 is 2.56 bits per heavy atom. The molecule has 1 fully saturated rings. The number of aromatic amines is 1. The van der Waals surface area contributed by atoms with Crippen molar-refractivity contribution in [3.05, 3.63) is 71.4 Å². The van der Waals surface area contributed by atoms with Gasteiger partial charge in [0.1, 0.15) is 0 Å². The fraction of sp³-hybridized carbons (Fsp3) is 0.238. The molecule has 0 bridgehead atoms. The first-order valence-electron chi connectivity index (χ1n) is 9.02. The number of para-hydroxylation sites is 1. The molecular weight excluding hydrogens is 342 g/mol. The first-order chi connectivity index (χ1) is 13.2. The summed E-state index contributed by atoms with van der Waals surface area (Å²) in [5, 5.41) is 3.84. The van der Waals surface area contributed by atoms with E-state index in [9.17, 15) is 9.59 Å². The third-order valence-corrected chi connectivity index (χ3v) is 4.79. The van der Waals surface area contributed by atoms with Crippen LogP contribution in [0.3, 0.4) is 0 Å². The molecule has 0 spiro atoms. The van der Waals surface area contributed by atoms with Gasteiger partial charge in [0.2, 0.25) is 0 Å². The average Bonchev–Trinajstić information content (AvgIpc) is 3.17. The molecule has 2 amide bonds. The van der Waals surface area contributed by atoms with Gasteiger partial charge in [-0.2, -0.15) is 0 Å². The van der Waals surface area contributed by atoms with E-state index in [-0.39, 0.29) is 11.8 Å². The Morgan fingerprint density at radius 1 is 1.04 bits per heavy atom. The fourth-order valence-electron chi connectivity index (χ4n) is 3.25. The summed E-state index contributed by atoms with van der Waals surface area (Å²) >= 11 is 0. The van der Waals surface area contributed by atoms with Crippen molar-refractivity contribution in [2.75, 3.05) is 26.3 Å². The van der Waals surface area contributed by atoms with Crippen LogP contribution in [0.2, 0.25) is 0 Å². The molecule has 138 valence electrons. The molecule has 0 saturated carbocycles. The van der Waals surface area contributed by atoms with Gasteiger partial charge < -0.3 is 19.9 Å². The Kier molecular flexibility index (Phi) is 4.89. The van der Waals surface area contributed by atoms with Crippen molar-refractivity contribution < 1.29 is 14.3 Å². The highest BCUT2D eigenvalue weighted by molar-refractivity contribution is 6.06. The Balaban J connectivity index is 1.38. The number of rotatable bonds is 4. The van der Waals surface area contributed by atoms with Crippen LogP contribution in [-0.4, -0.2) is 48.0 Å². The number of carbonyl (C=O) groups excluding carboxylic acids is 2. The van der Waals surface area contributed by atoms with Crippen LogP contribution >= 0.6 is 0 Å². The molecule has 1 saturated heterocycles. The molecule has 27 heavy (non-hydrogen) atoms. The van der Waals surface area contributed by atoms with E-state index in [4.69, 9.17) is 4.74 Å². The van der Waals surface area contributed by atoms with Gasteiger partial charge in [0.05, 0.1) is 18.8 Å². The van der Waals surface area contributed by atoms with E-state index in [1.54, 1.807) is 11.1 Å². The number of nitrogens with one attached hydrogen (secondary N) is 2. The van der Waals surface area contributed by atoms with Gasteiger partial charge in [-0.25, -0.2) is 0 Å². The molecule has 4 rings (SSSR count). The number of hydrogen-bond donors (Lipinski definition) is 2. The van der Waals surface area contributed by atoms with Crippen LogP contribution in [0.1, 0.15) is 26.3 Å². The van der Waals surface area contributed by atoms with E-state index in [2.05, 4.69) is 10.3 Å². The summed E-state index contributed by atoms with van der Waals surface area (Å²) in [6.45, 7) is 2.83. The van der Waals surface area contributed by atoms with Gasteiger partial charge in [-0.3, -0.25) is 9.59 Å². The van der Waals surface area contributed by atoms with Crippen molar-refractivity contribution in [2.45, 2.75) is 6.54 Å². The number of amides is 2. The number of hydrogen-bond acceptors (Lipinski definition) is 3. The van der Waals surface area contributed by atoms with E-state index in [0.29, 0.717) is 44.0 Å². The summed E-state index contributed by atoms with van der Waals surface area (Å²) in [4.78, 5) is 29.8. The van der Waals surface area contributed by atoms with Crippen LogP contribution in [0.4, 0.5) is 0 Å². The zero-order chi connectivity index (χ0) is 18.6. The van der Waals surface area contributed by atoms with Gasteiger partial charge in [-0.15, -0.1) is 0 Å². The second kappa shape index (κ2) is 7.63. The Labute approximate surface area is 157 Å². The van der Waals surface area contributed by atoms with Gasteiger partial charge in [-0.05, 0) is 23.8 Å². The van der Waals surface area contributed by atoms with Crippen LogP contribution in [-0.2, 0) is 11.3 Å². The minimum atomic E-state index is -0.124. The average molecular weight is 363 g/mol. The number of fused-ring (bicyclic) bond motifs is 1. The van der Waals surface area contributed by atoms with Gasteiger partial charge in [0.15, 0.2) is 0 Å². The summed E-state index contributed by atoms with van der Waals surface area (Å²) in [6, 6.07) is 15.1. The highest BCUT2D eigenvalue weighted by Crippen LogP contribution is 2.17. The number of carbonyl (C=O) groups is 2. The molecule has 3 aromatic rings. The fourth-order valence-corrected chi connectivity index (χ4v) is 3.25. The smallest absolute Gasteiger partial charge is 0.254 e.